The summed E-state index contributed by atoms with van der Waals surface area (Å²) in [6.07, 6.45) is 0.101. The van der Waals surface area contributed by atoms with Gasteiger partial charge < -0.3 is 10.1 Å². The summed E-state index contributed by atoms with van der Waals surface area (Å²) < 4.78 is 5.24. The minimum Gasteiger partial charge on any atom is -0.445 e. The molecule has 4 N–H and O–H groups in total. The Morgan fingerprint density at radius 3 is 2.25 bits per heavy atom. The molecular weight excluding hydrogens is 306 g/mol. The van der Waals surface area contributed by atoms with Crippen molar-refractivity contribution in [2.75, 3.05) is 0 Å². The van der Waals surface area contributed by atoms with E-state index in [0.29, 0.717) is 6.42 Å². The van der Waals surface area contributed by atoms with Gasteiger partial charge in [-0.1, -0.05) is 60.7 Å². The second-order valence-electron chi connectivity index (χ2n) is 5.28. The van der Waals surface area contributed by atoms with Crippen LogP contribution in [0.25, 0.3) is 0 Å². The number of nitrogens with one attached hydrogen (secondary N) is 2. The SMILES string of the molecule is NNC(=O)CCC(NC(=O)OCc1ccccc1)c1ccccc1. The van der Waals surface area contributed by atoms with E-state index in [1.54, 1.807) is 0 Å². The molecular formula is C18H21N3O3. The molecule has 2 aromatic rings. The molecule has 0 saturated heterocycles. The van der Waals surface area contributed by atoms with E-state index >= 15 is 0 Å². The van der Waals surface area contributed by atoms with Crippen molar-refractivity contribution in [3.8, 4) is 0 Å². The predicted molar refractivity (Wildman–Crippen MR) is 90.5 cm³/mol. The number of hydrazine groups is 1. The number of amides is 2. The van der Waals surface area contributed by atoms with Crippen molar-refractivity contribution in [3.05, 3.63) is 71.8 Å². The van der Waals surface area contributed by atoms with Crippen molar-refractivity contribution in [1.29, 1.82) is 0 Å². The summed E-state index contributed by atoms with van der Waals surface area (Å²) in [5, 5.41) is 2.80. The van der Waals surface area contributed by atoms with Crippen molar-refractivity contribution in [3.63, 3.8) is 0 Å². The lowest BCUT2D eigenvalue weighted by Crippen LogP contribution is -2.33. The molecule has 0 aliphatic rings. The quantitative estimate of drug-likeness (QED) is 0.413. The number of ether oxygens (including phenoxy) is 1. The van der Waals surface area contributed by atoms with E-state index in [2.05, 4.69) is 10.7 Å². The van der Waals surface area contributed by atoms with Crippen LogP contribution >= 0.6 is 0 Å². The molecule has 2 aromatic carbocycles. The van der Waals surface area contributed by atoms with Gasteiger partial charge in [0.2, 0.25) is 5.91 Å². The summed E-state index contributed by atoms with van der Waals surface area (Å²) in [5.41, 5.74) is 3.90. The number of hydrogen-bond donors (Lipinski definition) is 3. The number of hydrogen-bond acceptors (Lipinski definition) is 4. The van der Waals surface area contributed by atoms with Gasteiger partial charge in [0.1, 0.15) is 6.61 Å². The van der Waals surface area contributed by atoms with Crippen LogP contribution in [-0.2, 0) is 16.1 Å². The van der Waals surface area contributed by atoms with Crippen LogP contribution in [0, 0.1) is 0 Å². The lowest BCUT2D eigenvalue weighted by atomic mass is 10.0. The Morgan fingerprint density at radius 1 is 1.00 bits per heavy atom. The normalized spacial score (nSPS) is 11.4. The van der Waals surface area contributed by atoms with Crippen LogP contribution in [0.4, 0.5) is 4.79 Å². The maximum Gasteiger partial charge on any atom is 0.407 e. The van der Waals surface area contributed by atoms with E-state index in [1.807, 2.05) is 60.7 Å². The lowest BCUT2D eigenvalue weighted by Gasteiger charge is -2.18. The van der Waals surface area contributed by atoms with Crippen molar-refractivity contribution in [2.24, 2.45) is 5.84 Å². The first-order valence-electron chi connectivity index (χ1n) is 7.70. The van der Waals surface area contributed by atoms with Crippen molar-refractivity contribution < 1.29 is 14.3 Å². The highest BCUT2D eigenvalue weighted by atomic mass is 16.5. The standard InChI is InChI=1S/C18H21N3O3/c19-21-17(22)12-11-16(15-9-5-2-6-10-15)20-18(23)24-13-14-7-3-1-4-8-14/h1-10,16H,11-13,19H2,(H,20,23)(H,21,22). The van der Waals surface area contributed by atoms with E-state index < -0.39 is 6.09 Å². The maximum atomic E-state index is 12.1. The van der Waals surface area contributed by atoms with E-state index in [-0.39, 0.29) is 25.0 Å². The first kappa shape index (κ1) is 17.5. The van der Waals surface area contributed by atoms with Crippen LogP contribution in [0.1, 0.15) is 30.0 Å². The Kier molecular flexibility index (Phi) is 6.79. The molecule has 0 aliphatic carbocycles. The van der Waals surface area contributed by atoms with Crippen LogP contribution in [0.3, 0.4) is 0 Å². The Balaban J connectivity index is 1.93. The third-order valence-electron chi connectivity index (χ3n) is 3.53. The molecule has 0 aliphatic heterocycles. The van der Waals surface area contributed by atoms with Gasteiger partial charge in [-0.25, -0.2) is 10.6 Å². The summed E-state index contributed by atoms with van der Waals surface area (Å²) in [7, 11) is 0. The smallest absolute Gasteiger partial charge is 0.407 e. The lowest BCUT2D eigenvalue weighted by molar-refractivity contribution is -0.121. The second kappa shape index (κ2) is 9.32. The van der Waals surface area contributed by atoms with E-state index in [0.717, 1.165) is 11.1 Å². The number of rotatable bonds is 7. The molecule has 1 atom stereocenters. The average Bonchev–Trinajstić information content (AvgIpc) is 2.64. The molecule has 2 rings (SSSR count). The Labute approximate surface area is 141 Å². The highest BCUT2D eigenvalue weighted by Crippen LogP contribution is 2.18. The molecule has 1 unspecified atom stereocenters. The zero-order chi connectivity index (χ0) is 17.2. The molecule has 0 saturated carbocycles. The highest BCUT2D eigenvalue weighted by Gasteiger charge is 2.16. The number of carbonyl (C=O) groups is 2. The van der Waals surface area contributed by atoms with Gasteiger partial charge in [0.15, 0.2) is 0 Å². The second-order valence-corrected chi connectivity index (χ2v) is 5.28. The van der Waals surface area contributed by atoms with Crippen LogP contribution < -0.4 is 16.6 Å². The molecule has 0 radical (unpaired) electrons. The largest absolute Gasteiger partial charge is 0.445 e. The van der Waals surface area contributed by atoms with Crippen LogP contribution in [0.15, 0.2) is 60.7 Å². The molecule has 0 bridgehead atoms. The van der Waals surface area contributed by atoms with Gasteiger partial charge in [-0.2, -0.15) is 0 Å². The summed E-state index contributed by atoms with van der Waals surface area (Å²) in [5.74, 6) is 4.82. The molecule has 0 aromatic heterocycles. The number of alkyl carbamates (subject to hydrolysis) is 1. The third kappa shape index (κ3) is 5.73. The van der Waals surface area contributed by atoms with Gasteiger partial charge in [-0.05, 0) is 17.5 Å². The number of benzene rings is 2. The minimum atomic E-state index is -0.527. The van der Waals surface area contributed by atoms with E-state index in [1.165, 1.54) is 0 Å². The molecule has 2 amide bonds. The first-order valence-corrected chi connectivity index (χ1v) is 7.70. The van der Waals surface area contributed by atoms with Crippen LogP contribution in [0.2, 0.25) is 0 Å². The number of nitrogens with two attached hydrogens (primary N) is 1. The fraction of sp³-hybridized carbons (Fsp3) is 0.222. The first-order chi connectivity index (χ1) is 11.7. The van der Waals surface area contributed by atoms with Gasteiger partial charge in [-0.15, -0.1) is 0 Å². The Hall–Kier alpha value is -2.86. The highest BCUT2D eigenvalue weighted by molar-refractivity contribution is 5.75. The van der Waals surface area contributed by atoms with Crippen molar-refractivity contribution in [2.45, 2.75) is 25.5 Å². The zero-order valence-corrected chi connectivity index (χ0v) is 13.3. The summed E-state index contributed by atoms with van der Waals surface area (Å²) in [6, 6.07) is 18.5. The molecule has 24 heavy (non-hydrogen) atoms. The van der Waals surface area contributed by atoms with Gasteiger partial charge in [0.05, 0.1) is 6.04 Å². The predicted octanol–water partition coefficient (Wildman–Crippen LogP) is 2.42. The zero-order valence-electron chi connectivity index (χ0n) is 13.3. The summed E-state index contributed by atoms with van der Waals surface area (Å²) in [6.45, 7) is 0.192. The van der Waals surface area contributed by atoms with Crippen LogP contribution in [-0.4, -0.2) is 12.0 Å². The molecule has 0 fully saturated rings. The summed E-state index contributed by atoms with van der Waals surface area (Å²) in [4.78, 5) is 23.4. The van der Waals surface area contributed by atoms with E-state index in [9.17, 15) is 9.59 Å². The maximum absolute atomic E-state index is 12.1. The fourth-order valence-electron chi connectivity index (χ4n) is 2.26. The minimum absolute atomic E-state index is 0.192. The Bertz CT molecular complexity index is 647. The Morgan fingerprint density at radius 2 is 1.62 bits per heavy atom. The molecule has 126 valence electrons. The fourth-order valence-corrected chi connectivity index (χ4v) is 2.26. The van der Waals surface area contributed by atoms with Gasteiger partial charge in [0, 0.05) is 6.42 Å². The third-order valence-corrected chi connectivity index (χ3v) is 3.53. The van der Waals surface area contributed by atoms with E-state index in [4.69, 9.17) is 10.6 Å². The molecule has 6 heteroatoms. The molecule has 6 nitrogen and oxygen atoms in total. The van der Waals surface area contributed by atoms with Crippen molar-refractivity contribution in [1.82, 2.24) is 10.7 Å². The molecule has 0 spiro atoms. The average molecular weight is 327 g/mol. The summed E-state index contributed by atoms with van der Waals surface area (Å²) >= 11 is 0. The number of carbonyl (C=O) groups excluding carboxylic acids is 2. The van der Waals surface area contributed by atoms with Gasteiger partial charge in [-0.3, -0.25) is 10.2 Å². The van der Waals surface area contributed by atoms with Crippen LogP contribution in [0.5, 0.6) is 0 Å². The van der Waals surface area contributed by atoms with Crippen molar-refractivity contribution >= 4 is 12.0 Å². The topological polar surface area (TPSA) is 93.5 Å². The molecule has 0 heterocycles. The van der Waals surface area contributed by atoms with Gasteiger partial charge in [0.25, 0.3) is 0 Å². The van der Waals surface area contributed by atoms with Gasteiger partial charge >= 0.3 is 6.09 Å². The monoisotopic (exact) mass is 327 g/mol.